The van der Waals surface area contributed by atoms with Gasteiger partial charge in [-0.1, -0.05) is 82.3 Å². The number of amides is 1. The minimum Gasteiger partial charge on any atom is -0.497 e. The van der Waals surface area contributed by atoms with E-state index in [-0.39, 0.29) is 24.7 Å². The summed E-state index contributed by atoms with van der Waals surface area (Å²) in [6.45, 7) is 9.98. The lowest BCUT2D eigenvalue weighted by molar-refractivity contribution is -0.114. The van der Waals surface area contributed by atoms with E-state index in [0.29, 0.717) is 12.1 Å². The zero-order valence-electron chi connectivity index (χ0n) is 27.3. The van der Waals surface area contributed by atoms with E-state index < -0.39 is 17.2 Å². The molecule has 0 aliphatic rings. The molecule has 0 fully saturated rings. The zero-order valence-corrected chi connectivity index (χ0v) is 27.3. The smallest absolute Gasteiger partial charge is 0.349 e. The third-order valence-electron chi connectivity index (χ3n) is 7.23. The number of benzene rings is 3. The van der Waals surface area contributed by atoms with Gasteiger partial charge in [0.25, 0.3) is 0 Å². The highest BCUT2D eigenvalue weighted by atomic mass is 16.5. The quantitative estimate of drug-likeness (QED) is 0.183. The fraction of sp³-hybridized carbons (Fsp3) is 0.361. The summed E-state index contributed by atoms with van der Waals surface area (Å²) in [4.78, 5) is 27.9. The van der Waals surface area contributed by atoms with Gasteiger partial charge in [-0.15, -0.1) is 0 Å². The van der Waals surface area contributed by atoms with Gasteiger partial charge in [0, 0.05) is 30.6 Å². The first-order valence-electron chi connectivity index (χ1n) is 15.1. The van der Waals surface area contributed by atoms with E-state index in [9.17, 15) is 14.7 Å². The lowest BCUT2D eigenvalue weighted by atomic mass is 9.66. The van der Waals surface area contributed by atoms with Gasteiger partial charge >= 0.3 is 5.69 Å². The Labute approximate surface area is 266 Å². The third-order valence-corrected chi connectivity index (χ3v) is 7.23. The van der Waals surface area contributed by atoms with Crippen LogP contribution in [0.2, 0.25) is 0 Å². The largest absolute Gasteiger partial charge is 0.497 e. The van der Waals surface area contributed by atoms with E-state index in [2.05, 4.69) is 43.3 Å². The predicted octanol–water partition coefficient (Wildman–Crippen LogP) is 5.40. The van der Waals surface area contributed by atoms with Crippen molar-refractivity contribution in [1.29, 1.82) is 0 Å². The number of aromatic nitrogens is 2. The number of methoxy groups -OCH3 is 2. The molecule has 4 aromatic rings. The van der Waals surface area contributed by atoms with E-state index in [0.717, 1.165) is 28.2 Å². The summed E-state index contributed by atoms with van der Waals surface area (Å²) in [5, 5.41) is 17.3. The maximum atomic E-state index is 12.6. The molecule has 0 saturated heterocycles. The van der Waals surface area contributed by atoms with Crippen molar-refractivity contribution in [3.8, 4) is 11.5 Å². The highest BCUT2D eigenvalue weighted by Crippen LogP contribution is 2.44. The number of carbonyl (C=O) groups excluding carboxylic acids is 1. The first-order valence-corrected chi connectivity index (χ1v) is 15.1. The Hall–Kier alpha value is -4.47. The van der Waals surface area contributed by atoms with E-state index in [1.165, 1.54) is 23.8 Å². The van der Waals surface area contributed by atoms with Gasteiger partial charge in [-0.2, -0.15) is 4.98 Å². The molecule has 1 heterocycles. The van der Waals surface area contributed by atoms with Crippen LogP contribution in [0.5, 0.6) is 11.5 Å². The van der Waals surface area contributed by atoms with Gasteiger partial charge in [0.05, 0.1) is 26.9 Å². The number of aliphatic hydroxyl groups excluding tert-OH is 1. The third kappa shape index (κ3) is 9.76. The lowest BCUT2D eigenvalue weighted by Crippen LogP contribution is -2.37. The van der Waals surface area contributed by atoms with Gasteiger partial charge in [0.15, 0.2) is 0 Å². The summed E-state index contributed by atoms with van der Waals surface area (Å²) in [5.74, 6) is 1.30. The number of nitrogens with one attached hydrogen (secondary N) is 2. The molecular formula is C36H46N4O5. The number of ether oxygens (including phenoxy) is 2. The summed E-state index contributed by atoms with van der Waals surface area (Å²) in [5.41, 5.74) is 1.59. The number of hydrogen-bond acceptors (Lipinski definition) is 7. The maximum Gasteiger partial charge on any atom is 0.349 e. The van der Waals surface area contributed by atoms with Crippen molar-refractivity contribution in [3.05, 3.63) is 118 Å². The first-order chi connectivity index (χ1) is 21.5. The second-order valence-corrected chi connectivity index (χ2v) is 11.5. The first kappa shape index (κ1) is 35.0. The van der Waals surface area contributed by atoms with Crippen molar-refractivity contribution in [1.82, 2.24) is 14.9 Å². The van der Waals surface area contributed by atoms with Gasteiger partial charge in [-0.25, -0.2) is 4.79 Å². The van der Waals surface area contributed by atoms with Gasteiger partial charge in [-0.05, 0) is 53.4 Å². The van der Waals surface area contributed by atoms with Gasteiger partial charge in [0.1, 0.15) is 17.3 Å². The fourth-order valence-corrected chi connectivity index (χ4v) is 5.46. The van der Waals surface area contributed by atoms with Crippen LogP contribution in [0.15, 0.2) is 95.9 Å². The molecule has 9 heteroatoms. The summed E-state index contributed by atoms with van der Waals surface area (Å²) >= 11 is 0. The van der Waals surface area contributed by atoms with Gasteiger partial charge in [0.2, 0.25) is 5.91 Å². The molecule has 1 atom stereocenters. The maximum absolute atomic E-state index is 12.6. The summed E-state index contributed by atoms with van der Waals surface area (Å²) < 4.78 is 12.1. The molecule has 0 aliphatic carbocycles. The molecule has 3 N–H and O–H groups in total. The van der Waals surface area contributed by atoms with Crippen LogP contribution in [0, 0.1) is 0 Å². The highest BCUT2D eigenvalue weighted by Gasteiger charge is 2.38. The van der Waals surface area contributed by atoms with Crippen LogP contribution in [0.4, 0.5) is 5.82 Å². The van der Waals surface area contributed by atoms with Gasteiger partial charge < -0.3 is 25.2 Å². The molecule has 1 amide bonds. The predicted molar refractivity (Wildman–Crippen MR) is 179 cm³/mol. The molecule has 0 saturated carbocycles. The monoisotopic (exact) mass is 614 g/mol. The van der Waals surface area contributed by atoms with Gasteiger partial charge in [-0.3, -0.25) is 9.36 Å². The Morgan fingerprint density at radius 3 is 1.71 bits per heavy atom. The van der Waals surface area contributed by atoms with Crippen LogP contribution in [0.3, 0.4) is 0 Å². The fourth-order valence-electron chi connectivity index (χ4n) is 5.46. The molecule has 9 nitrogen and oxygen atoms in total. The number of nitrogens with zero attached hydrogens (tertiary/aromatic N) is 2. The van der Waals surface area contributed by atoms with Crippen molar-refractivity contribution in [3.63, 3.8) is 0 Å². The van der Waals surface area contributed by atoms with Crippen LogP contribution in [-0.4, -0.2) is 53.0 Å². The van der Waals surface area contributed by atoms with E-state index in [4.69, 9.17) is 9.47 Å². The molecule has 0 unspecified atom stereocenters. The van der Waals surface area contributed by atoms with E-state index in [1.54, 1.807) is 14.2 Å². The Balaban J connectivity index is 0.000000707. The molecule has 45 heavy (non-hydrogen) atoms. The lowest BCUT2D eigenvalue weighted by Gasteiger charge is -2.38. The Bertz CT molecular complexity index is 1480. The van der Waals surface area contributed by atoms with Crippen molar-refractivity contribution < 1.29 is 19.4 Å². The Kier molecular flexibility index (Phi) is 12.9. The zero-order chi connectivity index (χ0) is 33.0. The molecule has 0 spiro atoms. The van der Waals surface area contributed by atoms with Crippen molar-refractivity contribution in [2.45, 2.75) is 71.2 Å². The summed E-state index contributed by atoms with van der Waals surface area (Å²) in [6.07, 6.45) is 0.871. The van der Waals surface area contributed by atoms with Crippen LogP contribution < -0.4 is 25.8 Å². The number of rotatable bonds is 12. The average molecular weight is 615 g/mol. The summed E-state index contributed by atoms with van der Waals surface area (Å²) in [6, 6.07) is 28.4. The normalized spacial score (nSPS) is 11.9. The van der Waals surface area contributed by atoms with E-state index in [1.807, 2.05) is 78.9 Å². The Morgan fingerprint density at radius 1 is 0.822 bits per heavy atom. The SMILES string of the molecule is CC(C)NC(C)C.COc1ccc(C(C[C@H](O)Cn2ccc(NC(C)=O)nc2=O)(c2ccccc2)c2ccc(OC)cc2)cc1. The van der Waals surface area contributed by atoms with Crippen molar-refractivity contribution in [2.75, 3.05) is 19.5 Å². The Morgan fingerprint density at radius 2 is 1.31 bits per heavy atom. The van der Waals surface area contributed by atoms with Crippen LogP contribution in [0.1, 0.15) is 57.7 Å². The standard InChI is InChI=1S/C30H31N3O5.C6H15N/c1-21(34)31-28-17-18-33(29(36)32-28)20-25(35)19-30(22-7-5-4-6-8-22,23-9-13-26(37-2)14-10-23)24-11-15-27(38-3)16-12-24;1-5(2)7-6(3)4/h4-18,25,35H,19-20H2,1-3H3,(H,31,32,34,36);5-7H,1-4H3/t25-;/m0./s1. The molecule has 0 aliphatic heterocycles. The number of anilines is 1. The highest BCUT2D eigenvalue weighted by molar-refractivity contribution is 5.87. The van der Waals surface area contributed by atoms with Crippen LogP contribution >= 0.6 is 0 Å². The van der Waals surface area contributed by atoms with Crippen LogP contribution in [-0.2, 0) is 16.8 Å². The molecule has 3 aromatic carbocycles. The average Bonchev–Trinajstić information content (AvgIpc) is 3.01. The minimum absolute atomic E-state index is 0.0209. The molecule has 240 valence electrons. The minimum atomic E-state index is -0.925. The summed E-state index contributed by atoms with van der Waals surface area (Å²) in [7, 11) is 3.24. The number of hydrogen-bond donors (Lipinski definition) is 3. The second kappa shape index (κ2) is 16.6. The van der Waals surface area contributed by atoms with Crippen molar-refractivity contribution in [2.24, 2.45) is 0 Å². The number of aliphatic hydroxyl groups is 1. The molecule has 1 aromatic heterocycles. The number of carbonyl (C=O) groups is 1. The van der Waals surface area contributed by atoms with Crippen LogP contribution in [0.25, 0.3) is 0 Å². The molecule has 0 bridgehead atoms. The molecule has 0 radical (unpaired) electrons. The van der Waals surface area contributed by atoms with E-state index >= 15 is 0 Å². The van der Waals surface area contributed by atoms with Crippen molar-refractivity contribution >= 4 is 11.7 Å². The topological polar surface area (TPSA) is 115 Å². The molecular weight excluding hydrogens is 568 g/mol. The second-order valence-electron chi connectivity index (χ2n) is 11.5. The molecule has 4 rings (SSSR count).